The molecule has 1 aromatic rings. The van der Waals surface area contributed by atoms with Crippen molar-refractivity contribution < 1.29 is 14.4 Å². The average molecular weight is 196 g/mol. The van der Waals surface area contributed by atoms with Gasteiger partial charge in [0, 0.05) is 12.0 Å². The summed E-state index contributed by atoms with van der Waals surface area (Å²) in [5.41, 5.74) is 5.08. The number of aromatic nitrogens is 1. The Balaban J connectivity index is 2.56. The van der Waals surface area contributed by atoms with Gasteiger partial charge in [-0.15, -0.1) is 0 Å². The number of rotatable bonds is 1. The Labute approximate surface area is 80.9 Å². The highest BCUT2D eigenvalue weighted by atomic mass is 16.5. The van der Waals surface area contributed by atoms with E-state index in [0.717, 1.165) is 0 Å². The number of aliphatic carboxylic acids is 1. The van der Waals surface area contributed by atoms with E-state index >= 15 is 0 Å². The van der Waals surface area contributed by atoms with Crippen LogP contribution < -0.4 is 5.73 Å². The summed E-state index contributed by atoms with van der Waals surface area (Å²) in [5, 5.41) is 12.7. The van der Waals surface area contributed by atoms with Crippen molar-refractivity contribution >= 4 is 5.97 Å². The van der Waals surface area contributed by atoms with Gasteiger partial charge in [0.1, 0.15) is 11.3 Å². The summed E-state index contributed by atoms with van der Waals surface area (Å²) < 4.78 is 4.96. The zero-order valence-electron chi connectivity index (χ0n) is 7.86. The van der Waals surface area contributed by atoms with Crippen molar-refractivity contribution in [2.24, 2.45) is 11.7 Å². The zero-order chi connectivity index (χ0) is 10.3. The van der Waals surface area contributed by atoms with Crippen LogP contribution in [0, 0.1) is 5.92 Å². The fourth-order valence-electron chi connectivity index (χ4n) is 1.95. The molecule has 5 nitrogen and oxygen atoms in total. The van der Waals surface area contributed by atoms with Crippen LogP contribution in [0.1, 0.15) is 24.7 Å². The van der Waals surface area contributed by atoms with E-state index in [4.69, 9.17) is 15.4 Å². The number of carboxylic acids is 1. The Kier molecular flexibility index (Phi) is 1.85. The van der Waals surface area contributed by atoms with Crippen LogP contribution >= 0.6 is 0 Å². The topological polar surface area (TPSA) is 89.4 Å². The molecule has 1 aromatic heterocycles. The largest absolute Gasteiger partial charge is 0.480 e. The van der Waals surface area contributed by atoms with Crippen LogP contribution in [-0.4, -0.2) is 16.2 Å². The molecule has 5 heteroatoms. The third-order valence-corrected chi connectivity index (χ3v) is 3.03. The fraction of sp³-hybridized carbons (Fsp3) is 0.556. The summed E-state index contributed by atoms with van der Waals surface area (Å²) in [6, 6.07) is 0. The van der Waals surface area contributed by atoms with Crippen molar-refractivity contribution in [1.82, 2.24) is 5.16 Å². The number of carbonyl (C=O) groups is 1. The lowest BCUT2D eigenvalue weighted by Gasteiger charge is -2.34. The van der Waals surface area contributed by atoms with Gasteiger partial charge >= 0.3 is 5.97 Å². The minimum absolute atomic E-state index is 0.105. The van der Waals surface area contributed by atoms with Crippen LogP contribution in [0.2, 0.25) is 0 Å². The summed E-state index contributed by atoms with van der Waals surface area (Å²) in [6.45, 7) is 1.84. The molecule has 3 N–H and O–H groups in total. The van der Waals surface area contributed by atoms with Crippen LogP contribution in [0.15, 0.2) is 10.7 Å². The smallest absolute Gasteiger partial charge is 0.328 e. The third kappa shape index (κ3) is 0.988. The van der Waals surface area contributed by atoms with Crippen LogP contribution in [-0.2, 0) is 16.8 Å². The van der Waals surface area contributed by atoms with E-state index in [1.165, 1.54) is 6.20 Å². The van der Waals surface area contributed by atoms with Crippen molar-refractivity contribution in [2.75, 3.05) is 0 Å². The Hall–Kier alpha value is -1.36. The first-order valence-electron chi connectivity index (χ1n) is 4.53. The van der Waals surface area contributed by atoms with Gasteiger partial charge in [-0.2, -0.15) is 0 Å². The lowest BCUT2D eigenvalue weighted by atomic mass is 9.73. The third-order valence-electron chi connectivity index (χ3n) is 3.03. The molecule has 0 amide bonds. The molecule has 0 aromatic carbocycles. The SMILES string of the molecule is CC1CCc2oncc2C1(N)C(=O)O. The van der Waals surface area contributed by atoms with Gasteiger partial charge in [-0.25, -0.2) is 4.79 Å². The van der Waals surface area contributed by atoms with Crippen molar-refractivity contribution in [1.29, 1.82) is 0 Å². The number of fused-ring (bicyclic) bond motifs is 1. The summed E-state index contributed by atoms with van der Waals surface area (Å²) in [7, 11) is 0. The molecule has 0 radical (unpaired) electrons. The molecular formula is C9H12N2O3. The van der Waals surface area contributed by atoms with Crippen molar-refractivity contribution in [3.05, 3.63) is 17.5 Å². The normalized spacial score (nSPS) is 31.1. The van der Waals surface area contributed by atoms with Gasteiger partial charge in [0.2, 0.25) is 0 Å². The highest BCUT2D eigenvalue weighted by molar-refractivity contribution is 5.81. The van der Waals surface area contributed by atoms with Gasteiger partial charge < -0.3 is 15.4 Å². The molecule has 1 aliphatic rings. The number of hydrogen-bond acceptors (Lipinski definition) is 4. The first-order valence-corrected chi connectivity index (χ1v) is 4.53. The summed E-state index contributed by atoms with van der Waals surface area (Å²) in [4.78, 5) is 11.2. The van der Waals surface area contributed by atoms with Gasteiger partial charge in [0.15, 0.2) is 0 Å². The van der Waals surface area contributed by atoms with Crippen LogP contribution in [0.5, 0.6) is 0 Å². The fourth-order valence-corrected chi connectivity index (χ4v) is 1.95. The molecule has 0 saturated heterocycles. The summed E-state index contributed by atoms with van der Waals surface area (Å²) in [6.07, 6.45) is 2.84. The first kappa shape index (κ1) is 9.21. The van der Waals surface area contributed by atoms with Gasteiger partial charge in [0.25, 0.3) is 0 Å². The highest BCUT2D eigenvalue weighted by Crippen LogP contribution is 2.37. The Morgan fingerprint density at radius 3 is 3.21 bits per heavy atom. The first-order chi connectivity index (χ1) is 6.56. The maximum absolute atomic E-state index is 11.2. The maximum Gasteiger partial charge on any atom is 0.328 e. The molecule has 0 aliphatic heterocycles. The monoisotopic (exact) mass is 196 g/mol. The molecule has 1 heterocycles. The van der Waals surface area contributed by atoms with Gasteiger partial charge in [0.05, 0.1) is 6.20 Å². The van der Waals surface area contributed by atoms with E-state index in [1.54, 1.807) is 0 Å². The van der Waals surface area contributed by atoms with Gasteiger partial charge in [-0.1, -0.05) is 12.1 Å². The van der Waals surface area contributed by atoms with Crippen LogP contribution in [0.4, 0.5) is 0 Å². The second-order valence-corrected chi connectivity index (χ2v) is 3.78. The zero-order valence-corrected chi connectivity index (χ0v) is 7.86. The second kappa shape index (κ2) is 2.81. The number of hydrogen-bond donors (Lipinski definition) is 2. The van der Waals surface area contributed by atoms with Crippen LogP contribution in [0.25, 0.3) is 0 Å². The Bertz CT molecular complexity index is 374. The average Bonchev–Trinajstić information content (AvgIpc) is 2.59. The number of nitrogens with two attached hydrogens (primary N) is 1. The molecule has 0 bridgehead atoms. The highest BCUT2D eigenvalue weighted by Gasteiger charge is 2.47. The Morgan fingerprint density at radius 1 is 1.86 bits per heavy atom. The number of nitrogens with zero attached hydrogens (tertiary/aromatic N) is 1. The maximum atomic E-state index is 11.2. The predicted molar refractivity (Wildman–Crippen MR) is 47.5 cm³/mol. The minimum atomic E-state index is -1.34. The molecule has 0 saturated carbocycles. The molecule has 2 rings (SSSR count). The molecule has 0 spiro atoms. The number of aryl methyl sites for hydroxylation is 1. The second-order valence-electron chi connectivity index (χ2n) is 3.78. The molecular weight excluding hydrogens is 184 g/mol. The van der Waals surface area contributed by atoms with Crippen molar-refractivity contribution in [3.8, 4) is 0 Å². The lowest BCUT2D eigenvalue weighted by Crippen LogP contribution is -2.52. The predicted octanol–water partition coefficient (Wildman–Crippen LogP) is 0.496. The molecule has 1 aliphatic carbocycles. The summed E-state index contributed by atoms with van der Waals surface area (Å²) >= 11 is 0. The van der Waals surface area contributed by atoms with Gasteiger partial charge in [-0.3, -0.25) is 0 Å². The lowest BCUT2D eigenvalue weighted by molar-refractivity contribution is -0.146. The molecule has 76 valence electrons. The van der Waals surface area contributed by atoms with Crippen molar-refractivity contribution in [3.63, 3.8) is 0 Å². The van der Waals surface area contributed by atoms with Gasteiger partial charge in [-0.05, 0) is 12.3 Å². The molecule has 2 atom stereocenters. The number of carboxylic acid groups (broad SMARTS) is 1. The van der Waals surface area contributed by atoms with E-state index in [-0.39, 0.29) is 5.92 Å². The molecule has 0 fully saturated rings. The minimum Gasteiger partial charge on any atom is -0.480 e. The summed E-state index contributed by atoms with van der Waals surface area (Å²) in [5.74, 6) is -0.519. The van der Waals surface area contributed by atoms with Crippen molar-refractivity contribution in [2.45, 2.75) is 25.3 Å². The standard InChI is InChI=1S/C9H12N2O3/c1-5-2-3-7-6(4-11-14-7)9(5,10)8(12)13/h4-5H,2-3,10H2,1H3,(H,12,13). The molecule has 2 unspecified atom stereocenters. The van der Waals surface area contributed by atoms with E-state index in [1.807, 2.05) is 6.92 Å². The molecule has 14 heavy (non-hydrogen) atoms. The Morgan fingerprint density at radius 2 is 2.57 bits per heavy atom. The van der Waals surface area contributed by atoms with E-state index in [0.29, 0.717) is 24.2 Å². The van der Waals surface area contributed by atoms with Crippen LogP contribution in [0.3, 0.4) is 0 Å². The van der Waals surface area contributed by atoms with E-state index in [2.05, 4.69) is 5.16 Å². The van der Waals surface area contributed by atoms with E-state index in [9.17, 15) is 4.79 Å². The van der Waals surface area contributed by atoms with E-state index < -0.39 is 11.5 Å². The quantitative estimate of drug-likeness (QED) is 0.682.